The molecule has 8 nitrogen and oxygen atoms in total. The quantitative estimate of drug-likeness (QED) is 0.575. The SMILES string of the molecule is Cc1ccc(C(=O)NCc2nnc3c(-c4nc(C(C)C)no4)cccn23)cc1. The fourth-order valence-corrected chi connectivity index (χ4v) is 2.80. The second-order valence-electron chi connectivity index (χ2n) is 6.89. The topological polar surface area (TPSA) is 98.2 Å². The van der Waals surface area contributed by atoms with E-state index in [0.717, 1.165) is 5.56 Å². The number of benzene rings is 1. The first-order valence-electron chi connectivity index (χ1n) is 9.04. The molecule has 0 bridgehead atoms. The number of carbonyl (C=O) groups is 1. The number of carbonyl (C=O) groups excluding carboxylic acids is 1. The molecule has 3 heterocycles. The molecule has 0 aliphatic heterocycles. The summed E-state index contributed by atoms with van der Waals surface area (Å²) in [5.41, 5.74) is 3.01. The van der Waals surface area contributed by atoms with Crippen molar-refractivity contribution in [2.45, 2.75) is 33.2 Å². The molecule has 4 rings (SSSR count). The maximum Gasteiger partial charge on any atom is 0.261 e. The third-order valence-corrected chi connectivity index (χ3v) is 4.41. The second-order valence-corrected chi connectivity index (χ2v) is 6.89. The van der Waals surface area contributed by atoms with Gasteiger partial charge in [-0.15, -0.1) is 10.2 Å². The maximum atomic E-state index is 12.3. The lowest BCUT2D eigenvalue weighted by molar-refractivity contribution is 0.0950. The van der Waals surface area contributed by atoms with Gasteiger partial charge in [0.1, 0.15) is 0 Å². The molecule has 0 aliphatic rings. The predicted octanol–water partition coefficient (Wildman–Crippen LogP) is 3.14. The molecular weight excluding hydrogens is 356 g/mol. The van der Waals surface area contributed by atoms with Crippen molar-refractivity contribution >= 4 is 11.6 Å². The molecular formula is C20H20N6O2. The Hall–Kier alpha value is -3.55. The summed E-state index contributed by atoms with van der Waals surface area (Å²) in [5, 5.41) is 15.3. The van der Waals surface area contributed by atoms with E-state index >= 15 is 0 Å². The summed E-state index contributed by atoms with van der Waals surface area (Å²) in [6.07, 6.45) is 1.84. The third kappa shape index (κ3) is 3.36. The summed E-state index contributed by atoms with van der Waals surface area (Å²) in [5.74, 6) is 1.66. The van der Waals surface area contributed by atoms with Crippen molar-refractivity contribution in [2.24, 2.45) is 0 Å². The second kappa shape index (κ2) is 7.22. The largest absolute Gasteiger partial charge is 0.345 e. The number of aryl methyl sites for hydroxylation is 1. The molecule has 142 valence electrons. The van der Waals surface area contributed by atoms with Crippen molar-refractivity contribution in [2.75, 3.05) is 0 Å². The molecule has 1 N–H and O–H groups in total. The van der Waals surface area contributed by atoms with Gasteiger partial charge in [0, 0.05) is 17.7 Å². The third-order valence-electron chi connectivity index (χ3n) is 4.41. The van der Waals surface area contributed by atoms with Crippen LogP contribution in [0.3, 0.4) is 0 Å². The Bertz CT molecular complexity index is 1130. The van der Waals surface area contributed by atoms with E-state index in [1.807, 2.05) is 55.6 Å². The van der Waals surface area contributed by atoms with E-state index in [1.54, 1.807) is 12.1 Å². The van der Waals surface area contributed by atoms with Gasteiger partial charge in [-0.3, -0.25) is 9.20 Å². The molecule has 0 saturated heterocycles. The highest BCUT2D eigenvalue weighted by Gasteiger charge is 2.17. The van der Waals surface area contributed by atoms with E-state index in [9.17, 15) is 4.79 Å². The molecule has 1 amide bonds. The molecule has 8 heteroatoms. The molecule has 0 unspecified atom stereocenters. The Morgan fingerprint density at radius 3 is 2.68 bits per heavy atom. The molecule has 0 saturated carbocycles. The van der Waals surface area contributed by atoms with Crippen molar-refractivity contribution in [1.29, 1.82) is 0 Å². The monoisotopic (exact) mass is 376 g/mol. The lowest BCUT2D eigenvalue weighted by atomic mass is 10.1. The van der Waals surface area contributed by atoms with Crippen molar-refractivity contribution in [3.05, 3.63) is 65.4 Å². The van der Waals surface area contributed by atoms with E-state index in [4.69, 9.17) is 4.52 Å². The van der Waals surface area contributed by atoms with Gasteiger partial charge in [-0.2, -0.15) is 4.98 Å². The number of amides is 1. The summed E-state index contributed by atoms with van der Waals surface area (Å²) in [6.45, 7) is 6.23. The van der Waals surface area contributed by atoms with Gasteiger partial charge in [-0.1, -0.05) is 36.7 Å². The van der Waals surface area contributed by atoms with Crippen LogP contribution >= 0.6 is 0 Å². The van der Waals surface area contributed by atoms with Crippen LogP contribution in [0.2, 0.25) is 0 Å². The molecule has 3 aromatic heterocycles. The van der Waals surface area contributed by atoms with Crippen LogP contribution in [0, 0.1) is 6.92 Å². The van der Waals surface area contributed by atoms with E-state index in [0.29, 0.717) is 34.3 Å². The van der Waals surface area contributed by atoms with Crippen LogP contribution in [0.4, 0.5) is 0 Å². The van der Waals surface area contributed by atoms with E-state index in [1.165, 1.54) is 0 Å². The summed E-state index contributed by atoms with van der Waals surface area (Å²) in [6, 6.07) is 11.1. The fraction of sp³-hybridized carbons (Fsp3) is 0.250. The zero-order valence-electron chi connectivity index (χ0n) is 15.9. The molecule has 28 heavy (non-hydrogen) atoms. The van der Waals surface area contributed by atoms with Gasteiger partial charge in [0.25, 0.3) is 11.8 Å². The highest BCUT2D eigenvalue weighted by molar-refractivity contribution is 5.94. The zero-order chi connectivity index (χ0) is 19.7. The smallest absolute Gasteiger partial charge is 0.261 e. The molecule has 1 aromatic carbocycles. The van der Waals surface area contributed by atoms with Crippen LogP contribution in [-0.4, -0.2) is 30.6 Å². The van der Waals surface area contributed by atoms with Gasteiger partial charge in [0.15, 0.2) is 17.3 Å². The number of pyridine rings is 1. The number of nitrogens with zero attached hydrogens (tertiary/aromatic N) is 5. The standard InChI is InChI=1S/C20H20N6O2/c1-12(2)17-22-20(28-25-17)15-5-4-10-26-16(23-24-18(15)26)11-21-19(27)14-8-6-13(3)7-9-14/h4-10,12H,11H2,1-3H3,(H,21,27). The van der Waals surface area contributed by atoms with Crippen LogP contribution in [0.25, 0.3) is 17.1 Å². The summed E-state index contributed by atoms with van der Waals surface area (Å²) >= 11 is 0. The average molecular weight is 376 g/mol. The zero-order valence-corrected chi connectivity index (χ0v) is 15.9. The van der Waals surface area contributed by atoms with Crippen LogP contribution in [0.1, 0.15) is 47.3 Å². The van der Waals surface area contributed by atoms with E-state index in [-0.39, 0.29) is 18.4 Å². The Kier molecular flexibility index (Phi) is 4.60. The van der Waals surface area contributed by atoms with E-state index < -0.39 is 0 Å². The van der Waals surface area contributed by atoms with Crippen molar-refractivity contribution in [3.8, 4) is 11.5 Å². The minimum Gasteiger partial charge on any atom is -0.345 e. The highest BCUT2D eigenvalue weighted by atomic mass is 16.5. The van der Waals surface area contributed by atoms with Crippen LogP contribution in [0.15, 0.2) is 47.1 Å². The first-order chi connectivity index (χ1) is 13.5. The van der Waals surface area contributed by atoms with Crippen LogP contribution in [0.5, 0.6) is 0 Å². The summed E-state index contributed by atoms with van der Waals surface area (Å²) < 4.78 is 7.19. The highest BCUT2D eigenvalue weighted by Crippen LogP contribution is 2.23. The number of hydrogen-bond donors (Lipinski definition) is 1. The predicted molar refractivity (Wildman–Crippen MR) is 103 cm³/mol. The molecule has 0 atom stereocenters. The number of fused-ring (bicyclic) bond motifs is 1. The Morgan fingerprint density at radius 2 is 1.96 bits per heavy atom. The number of nitrogens with one attached hydrogen (secondary N) is 1. The lowest BCUT2D eigenvalue weighted by Gasteiger charge is -2.05. The molecule has 4 aromatic rings. The first-order valence-corrected chi connectivity index (χ1v) is 9.04. The summed E-state index contributed by atoms with van der Waals surface area (Å²) in [4.78, 5) is 16.8. The Morgan fingerprint density at radius 1 is 1.18 bits per heavy atom. The molecule has 0 spiro atoms. The number of aromatic nitrogens is 5. The first kappa shape index (κ1) is 17.8. The Balaban J connectivity index is 1.57. The van der Waals surface area contributed by atoms with Gasteiger partial charge in [0.2, 0.25) is 0 Å². The minimum absolute atomic E-state index is 0.161. The van der Waals surface area contributed by atoms with Gasteiger partial charge < -0.3 is 9.84 Å². The number of hydrogen-bond acceptors (Lipinski definition) is 6. The number of rotatable bonds is 5. The van der Waals surface area contributed by atoms with E-state index in [2.05, 4.69) is 25.7 Å². The normalized spacial score (nSPS) is 11.3. The Labute approximate surface area is 161 Å². The van der Waals surface area contributed by atoms with Crippen molar-refractivity contribution in [1.82, 2.24) is 30.1 Å². The maximum absolute atomic E-state index is 12.3. The molecule has 0 aliphatic carbocycles. The fourth-order valence-electron chi connectivity index (χ4n) is 2.80. The van der Waals surface area contributed by atoms with Gasteiger partial charge >= 0.3 is 0 Å². The van der Waals surface area contributed by atoms with Crippen molar-refractivity contribution < 1.29 is 9.32 Å². The lowest BCUT2D eigenvalue weighted by Crippen LogP contribution is -2.23. The molecule has 0 radical (unpaired) electrons. The molecule has 0 fully saturated rings. The van der Waals surface area contributed by atoms with Gasteiger partial charge in [-0.05, 0) is 31.2 Å². The van der Waals surface area contributed by atoms with Gasteiger partial charge in [-0.25, -0.2) is 0 Å². The van der Waals surface area contributed by atoms with Crippen LogP contribution < -0.4 is 5.32 Å². The van der Waals surface area contributed by atoms with Crippen molar-refractivity contribution in [3.63, 3.8) is 0 Å². The van der Waals surface area contributed by atoms with Gasteiger partial charge in [0.05, 0.1) is 12.1 Å². The minimum atomic E-state index is -0.161. The average Bonchev–Trinajstić information content (AvgIpc) is 3.34. The summed E-state index contributed by atoms with van der Waals surface area (Å²) in [7, 11) is 0. The van der Waals surface area contributed by atoms with Crippen LogP contribution in [-0.2, 0) is 6.54 Å².